The van der Waals surface area contributed by atoms with Crippen LogP contribution in [0.5, 0.6) is 5.75 Å². The molecular weight excluding hydrogens is 456 g/mol. The molecule has 4 aromatic rings. The van der Waals surface area contributed by atoms with Gasteiger partial charge in [0.2, 0.25) is 5.91 Å². The molecule has 2 aromatic heterocycles. The maximum Gasteiger partial charge on any atom is 0.265 e. The number of nitrogens with one attached hydrogen (secondary N) is 2. The van der Waals surface area contributed by atoms with E-state index in [4.69, 9.17) is 4.74 Å². The van der Waals surface area contributed by atoms with E-state index in [1.54, 1.807) is 36.5 Å². The molecule has 0 saturated heterocycles. The van der Waals surface area contributed by atoms with E-state index in [0.717, 1.165) is 26.4 Å². The maximum absolute atomic E-state index is 12.6. The summed E-state index contributed by atoms with van der Waals surface area (Å²) in [6, 6.07) is 13.5. The van der Waals surface area contributed by atoms with Crippen LogP contribution in [-0.2, 0) is 9.59 Å². The lowest BCUT2D eigenvalue weighted by molar-refractivity contribution is -0.122. The second kappa shape index (κ2) is 8.84. The molecule has 0 fully saturated rings. The fourth-order valence-corrected chi connectivity index (χ4v) is 5.31. The molecule has 0 spiro atoms. The summed E-state index contributed by atoms with van der Waals surface area (Å²) in [5, 5.41) is 9.48. The number of fused-ring (bicyclic) bond motifs is 2. The first kappa shape index (κ1) is 21.4. The van der Waals surface area contributed by atoms with E-state index >= 15 is 0 Å². The predicted octanol–water partition coefficient (Wildman–Crippen LogP) is 5.12. The monoisotopic (exact) mass is 476 g/mol. The van der Waals surface area contributed by atoms with Crippen LogP contribution in [0.25, 0.3) is 21.3 Å². The van der Waals surface area contributed by atoms with Gasteiger partial charge in [0.25, 0.3) is 5.91 Å². The summed E-state index contributed by atoms with van der Waals surface area (Å²) < 4.78 is 5.55. The molecule has 9 heteroatoms. The number of anilines is 2. The van der Waals surface area contributed by atoms with Crippen molar-refractivity contribution in [3.05, 3.63) is 59.7 Å². The standard InChI is InChI=1S/C24H20N4O3S2/c1-13-3-5-15(6-4-13)17-10-32-23-21(17)24(26-12-25-23)33-11-20(29)27-16-7-8-19-18(9-16)28-22(30)14(2)31-19/h3-10,12,14H,11H2,1-2H3,(H,27,29)(H,28,30). The van der Waals surface area contributed by atoms with Gasteiger partial charge in [-0.05, 0) is 37.6 Å². The smallest absolute Gasteiger partial charge is 0.265 e. The van der Waals surface area contributed by atoms with Crippen molar-refractivity contribution in [3.63, 3.8) is 0 Å². The lowest BCUT2D eigenvalue weighted by Gasteiger charge is -2.23. The Morgan fingerprint density at radius 1 is 1.21 bits per heavy atom. The molecule has 0 radical (unpaired) electrons. The molecule has 3 heterocycles. The molecule has 7 nitrogen and oxygen atoms in total. The minimum Gasteiger partial charge on any atom is -0.479 e. The molecule has 1 unspecified atom stereocenters. The number of rotatable bonds is 5. The molecule has 1 aliphatic heterocycles. The zero-order chi connectivity index (χ0) is 22.9. The first-order valence-electron chi connectivity index (χ1n) is 10.3. The first-order chi connectivity index (χ1) is 16.0. The second-order valence-electron chi connectivity index (χ2n) is 7.67. The lowest BCUT2D eigenvalue weighted by atomic mass is 10.1. The Kier molecular flexibility index (Phi) is 5.74. The summed E-state index contributed by atoms with van der Waals surface area (Å²) in [4.78, 5) is 34.2. The number of hydrogen-bond donors (Lipinski definition) is 2. The highest BCUT2D eigenvalue weighted by atomic mass is 32.2. The highest BCUT2D eigenvalue weighted by Crippen LogP contribution is 2.38. The summed E-state index contributed by atoms with van der Waals surface area (Å²) in [5.74, 6) is 0.385. The molecular formula is C24H20N4O3S2. The molecule has 5 rings (SSSR count). The van der Waals surface area contributed by atoms with Gasteiger partial charge < -0.3 is 15.4 Å². The van der Waals surface area contributed by atoms with Gasteiger partial charge in [0, 0.05) is 16.6 Å². The van der Waals surface area contributed by atoms with E-state index in [1.165, 1.54) is 23.7 Å². The number of thioether (sulfide) groups is 1. The molecule has 0 aliphatic carbocycles. The summed E-state index contributed by atoms with van der Waals surface area (Å²) in [5.41, 5.74) is 4.49. The van der Waals surface area contributed by atoms with Crippen LogP contribution in [0, 0.1) is 6.92 Å². The van der Waals surface area contributed by atoms with Crippen LogP contribution in [0.15, 0.2) is 59.2 Å². The van der Waals surface area contributed by atoms with Gasteiger partial charge in [0.15, 0.2) is 6.10 Å². The highest BCUT2D eigenvalue weighted by Gasteiger charge is 2.23. The number of carbonyl (C=O) groups is 2. The van der Waals surface area contributed by atoms with Crippen LogP contribution in [0.3, 0.4) is 0 Å². The number of benzene rings is 2. The molecule has 1 aliphatic rings. The molecule has 0 bridgehead atoms. The van der Waals surface area contributed by atoms with Crippen LogP contribution in [-0.4, -0.2) is 33.6 Å². The number of aromatic nitrogens is 2. The fourth-order valence-electron chi connectivity index (χ4n) is 3.52. The Morgan fingerprint density at radius 3 is 2.85 bits per heavy atom. The SMILES string of the molecule is Cc1ccc(-c2csc3ncnc(SCC(=O)Nc4ccc5c(c4)NC(=O)C(C)O5)c23)cc1. The predicted molar refractivity (Wildman–Crippen MR) is 132 cm³/mol. The van der Waals surface area contributed by atoms with Gasteiger partial charge in [-0.15, -0.1) is 11.3 Å². The van der Waals surface area contributed by atoms with Crippen LogP contribution >= 0.6 is 23.1 Å². The average Bonchev–Trinajstić information content (AvgIpc) is 3.24. The van der Waals surface area contributed by atoms with Crippen molar-refractivity contribution in [3.8, 4) is 16.9 Å². The Labute approximate surface area is 198 Å². The first-order valence-corrected chi connectivity index (χ1v) is 12.2. The van der Waals surface area contributed by atoms with Gasteiger partial charge in [0.05, 0.1) is 16.8 Å². The van der Waals surface area contributed by atoms with E-state index in [1.807, 2.05) is 0 Å². The van der Waals surface area contributed by atoms with Crippen molar-refractivity contribution >= 4 is 56.5 Å². The third kappa shape index (κ3) is 4.42. The summed E-state index contributed by atoms with van der Waals surface area (Å²) >= 11 is 2.94. The number of amides is 2. The second-order valence-corrected chi connectivity index (χ2v) is 9.49. The van der Waals surface area contributed by atoms with E-state index < -0.39 is 6.10 Å². The average molecular weight is 477 g/mol. The Hall–Kier alpha value is -3.43. The van der Waals surface area contributed by atoms with E-state index in [9.17, 15) is 9.59 Å². The van der Waals surface area contributed by atoms with Crippen molar-refractivity contribution in [2.45, 2.75) is 25.0 Å². The van der Waals surface area contributed by atoms with Crippen LogP contribution in [0.2, 0.25) is 0 Å². The normalized spacial score (nSPS) is 15.0. The molecule has 33 heavy (non-hydrogen) atoms. The Balaban J connectivity index is 1.32. The molecule has 2 amide bonds. The van der Waals surface area contributed by atoms with Gasteiger partial charge >= 0.3 is 0 Å². The summed E-state index contributed by atoms with van der Waals surface area (Å²) in [6.45, 7) is 3.75. The third-order valence-electron chi connectivity index (χ3n) is 5.23. The van der Waals surface area contributed by atoms with Crippen LogP contribution in [0.1, 0.15) is 12.5 Å². The molecule has 0 saturated carbocycles. The Bertz CT molecular complexity index is 1370. The van der Waals surface area contributed by atoms with Gasteiger partial charge in [-0.3, -0.25) is 9.59 Å². The van der Waals surface area contributed by atoms with Crippen molar-refractivity contribution in [1.29, 1.82) is 0 Å². The van der Waals surface area contributed by atoms with Gasteiger partial charge in [-0.25, -0.2) is 9.97 Å². The topological polar surface area (TPSA) is 93.2 Å². The van der Waals surface area contributed by atoms with Crippen molar-refractivity contribution in [1.82, 2.24) is 9.97 Å². The third-order valence-corrected chi connectivity index (χ3v) is 7.11. The summed E-state index contributed by atoms with van der Waals surface area (Å²) in [6.07, 6.45) is 0.992. The molecule has 2 N–H and O–H groups in total. The molecule has 1 atom stereocenters. The number of carbonyl (C=O) groups excluding carboxylic acids is 2. The number of ether oxygens (including phenoxy) is 1. The quantitative estimate of drug-likeness (QED) is 0.307. The minimum absolute atomic E-state index is 0.171. The van der Waals surface area contributed by atoms with Gasteiger partial charge in [-0.2, -0.15) is 0 Å². The lowest BCUT2D eigenvalue weighted by Crippen LogP contribution is -2.34. The van der Waals surface area contributed by atoms with E-state index in [0.29, 0.717) is 17.1 Å². The zero-order valence-corrected chi connectivity index (χ0v) is 19.5. The molecule has 166 valence electrons. The minimum atomic E-state index is -0.541. The largest absolute Gasteiger partial charge is 0.479 e. The zero-order valence-electron chi connectivity index (χ0n) is 17.9. The maximum atomic E-state index is 12.6. The van der Waals surface area contributed by atoms with E-state index in [-0.39, 0.29) is 17.6 Å². The van der Waals surface area contributed by atoms with Crippen LogP contribution in [0.4, 0.5) is 11.4 Å². The van der Waals surface area contributed by atoms with Crippen molar-refractivity contribution in [2.75, 3.05) is 16.4 Å². The van der Waals surface area contributed by atoms with Gasteiger partial charge in [0.1, 0.15) is 21.9 Å². The summed E-state index contributed by atoms with van der Waals surface area (Å²) in [7, 11) is 0. The number of thiophene rings is 1. The molecule has 2 aromatic carbocycles. The number of hydrogen-bond acceptors (Lipinski definition) is 7. The van der Waals surface area contributed by atoms with E-state index in [2.05, 4.69) is 57.2 Å². The fraction of sp³-hybridized carbons (Fsp3) is 0.167. The van der Waals surface area contributed by atoms with Crippen molar-refractivity contribution in [2.24, 2.45) is 0 Å². The number of aryl methyl sites for hydroxylation is 1. The van der Waals surface area contributed by atoms with Gasteiger partial charge in [-0.1, -0.05) is 41.6 Å². The van der Waals surface area contributed by atoms with Crippen molar-refractivity contribution < 1.29 is 14.3 Å². The number of nitrogens with zero attached hydrogens (tertiary/aromatic N) is 2. The Morgan fingerprint density at radius 2 is 2.03 bits per heavy atom. The van der Waals surface area contributed by atoms with Crippen LogP contribution < -0.4 is 15.4 Å². The highest BCUT2D eigenvalue weighted by molar-refractivity contribution is 8.00.